The minimum Gasteiger partial charge on any atom is -0.491 e. The Kier molecular flexibility index (Phi) is 4.33. The number of benzene rings is 2. The van der Waals surface area contributed by atoms with Crippen molar-refractivity contribution in [1.82, 2.24) is 4.90 Å². The molecule has 0 saturated carbocycles. The van der Waals surface area contributed by atoms with Gasteiger partial charge in [-0.25, -0.2) is 4.39 Å². The number of nitrogens with zero attached hydrogens (tertiary/aromatic N) is 1. The number of carbonyl (C=O) groups is 1. The molecule has 0 radical (unpaired) electrons. The first kappa shape index (κ1) is 15.5. The average Bonchev–Trinajstić information content (AvgIpc) is 2.73. The van der Waals surface area contributed by atoms with E-state index in [1.54, 1.807) is 6.07 Å². The van der Waals surface area contributed by atoms with E-state index >= 15 is 0 Å². The fraction of sp³-hybridized carbons (Fsp3) is 0.316. The van der Waals surface area contributed by atoms with E-state index in [0.29, 0.717) is 19.6 Å². The van der Waals surface area contributed by atoms with E-state index in [1.165, 1.54) is 12.1 Å². The summed E-state index contributed by atoms with van der Waals surface area (Å²) in [5.41, 5.74) is 2.70. The predicted molar refractivity (Wildman–Crippen MR) is 87.6 cm³/mol. The molecule has 2 aromatic rings. The third-order valence-electron chi connectivity index (χ3n) is 4.19. The normalized spacial score (nSPS) is 17.2. The summed E-state index contributed by atoms with van der Waals surface area (Å²) in [6.07, 6.45) is 0.475. The molecule has 0 N–H and O–H groups in total. The van der Waals surface area contributed by atoms with Crippen molar-refractivity contribution in [1.29, 1.82) is 0 Å². The molecule has 0 aromatic heterocycles. The Morgan fingerprint density at radius 2 is 2.04 bits per heavy atom. The van der Waals surface area contributed by atoms with Gasteiger partial charge >= 0.3 is 0 Å². The quantitative estimate of drug-likeness (QED) is 0.838. The number of ether oxygens (including phenoxy) is 1. The highest BCUT2D eigenvalue weighted by Gasteiger charge is 2.24. The Labute approximate surface area is 135 Å². The van der Waals surface area contributed by atoms with Gasteiger partial charge in [0.05, 0.1) is 6.04 Å². The minimum absolute atomic E-state index is 0.0347. The van der Waals surface area contributed by atoms with Gasteiger partial charge in [-0.3, -0.25) is 4.79 Å². The highest BCUT2D eigenvalue weighted by Crippen LogP contribution is 2.30. The smallest absolute Gasteiger partial charge is 0.222 e. The molecule has 1 aliphatic heterocycles. The number of halogens is 1. The van der Waals surface area contributed by atoms with Crippen LogP contribution >= 0.6 is 0 Å². The van der Waals surface area contributed by atoms with Crippen molar-refractivity contribution in [2.24, 2.45) is 0 Å². The molecule has 2 aromatic carbocycles. The zero-order chi connectivity index (χ0) is 16.4. The number of fused-ring (bicyclic) bond motifs is 1. The lowest BCUT2D eigenvalue weighted by atomic mass is 10.0. The zero-order valence-corrected chi connectivity index (χ0v) is 13.4. The van der Waals surface area contributed by atoms with E-state index in [0.717, 1.165) is 22.4 Å². The number of rotatable bonds is 2. The lowest BCUT2D eigenvalue weighted by Crippen LogP contribution is -2.39. The van der Waals surface area contributed by atoms with Gasteiger partial charge in [-0.1, -0.05) is 25.1 Å². The van der Waals surface area contributed by atoms with Gasteiger partial charge in [0.1, 0.15) is 18.2 Å². The number of hydrogen-bond donors (Lipinski definition) is 0. The van der Waals surface area contributed by atoms with Crippen molar-refractivity contribution in [3.05, 3.63) is 53.8 Å². The van der Waals surface area contributed by atoms with E-state index in [4.69, 9.17) is 4.74 Å². The zero-order valence-electron chi connectivity index (χ0n) is 13.4. The largest absolute Gasteiger partial charge is 0.491 e. The van der Waals surface area contributed by atoms with Crippen LogP contribution in [-0.2, 0) is 11.3 Å². The summed E-state index contributed by atoms with van der Waals surface area (Å²) in [6.45, 7) is 4.86. The van der Waals surface area contributed by atoms with Crippen molar-refractivity contribution >= 4 is 5.91 Å². The molecule has 4 heteroatoms. The first-order valence-corrected chi connectivity index (χ1v) is 7.89. The van der Waals surface area contributed by atoms with Gasteiger partial charge in [0, 0.05) is 18.5 Å². The molecule has 1 aliphatic rings. The molecule has 0 fully saturated rings. The van der Waals surface area contributed by atoms with Crippen LogP contribution in [0, 0.1) is 5.82 Å². The summed E-state index contributed by atoms with van der Waals surface area (Å²) < 4.78 is 19.3. The SMILES string of the molecule is CCC(=O)N1Cc2cc(-c3cccc(F)c3)ccc2OCC1C. The molecule has 1 amide bonds. The van der Waals surface area contributed by atoms with E-state index in [9.17, 15) is 9.18 Å². The molecule has 3 nitrogen and oxygen atoms in total. The summed E-state index contributed by atoms with van der Waals surface area (Å²) in [5.74, 6) is 0.651. The fourth-order valence-corrected chi connectivity index (χ4v) is 2.87. The van der Waals surface area contributed by atoms with Crippen molar-refractivity contribution < 1.29 is 13.9 Å². The van der Waals surface area contributed by atoms with Crippen LogP contribution < -0.4 is 4.74 Å². The third-order valence-corrected chi connectivity index (χ3v) is 4.19. The Hall–Kier alpha value is -2.36. The van der Waals surface area contributed by atoms with E-state index < -0.39 is 0 Å². The van der Waals surface area contributed by atoms with Gasteiger partial charge in [0.2, 0.25) is 5.91 Å². The van der Waals surface area contributed by atoms with Crippen LogP contribution in [0.5, 0.6) is 5.75 Å². The average molecular weight is 313 g/mol. The molecule has 1 unspecified atom stereocenters. The van der Waals surface area contributed by atoms with E-state index in [1.807, 2.05) is 43.0 Å². The molecule has 23 heavy (non-hydrogen) atoms. The summed E-state index contributed by atoms with van der Waals surface area (Å²) in [7, 11) is 0. The lowest BCUT2D eigenvalue weighted by molar-refractivity contribution is -0.133. The summed E-state index contributed by atoms with van der Waals surface area (Å²) in [5, 5.41) is 0. The third kappa shape index (κ3) is 3.21. The molecule has 0 spiro atoms. The van der Waals surface area contributed by atoms with E-state index in [-0.39, 0.29) is 17.8 Å². The number of hydrogen-bond acceptors (Lipinski definition) is 2. The van der Waals surface area contributed by atoms with Gasteiger partial charge in [-0.15, -0.1) is 0 Å². The standard InChI is InChI=1S/C19H20FNO2/c1-3-19(22)21-11-16-9-15(14-5-4-6-17(20)10-14)7-8-18(16)23-12-13(21)2/h4-10,13H,3,11-12H2,1-2H3. The lowest BCUT2D eigenvalue weighted by Gasteiger charge is -2.25. The van der Waals surface area contributed by atoms with Gasteiger partial charge in [-0.2, -0.15) is 0 Å². The van der Waals surface area contributed by atoms with Crippen LogP contribution in [0.4, 0.5) is 4.39 Å². The van der Waals surface area contributed by atoms with Crippen molar-refractivity contribution in [3.8, 4) is 16.9 Å². The van der Waals surface area contributed by atoms with Gasteiger partial charge in [0.15, 0.2) is 0 Å². The first-order chi connectivity index (χ1) is 11.1. The first-order valence-electron chi connectivity index (χ1n) is 7.89. The molecule has 120 valence electrons. The Bertz CT molecular complexity index is 729. The Morgan fingerprint density at radius 3 is 2.78 bits per heavy atom. The maximum atomic E-state index is 13.4. The molecular formula is C19H20FNO2. The Morgan fingerprint density at radius 1 is 1.26 bits per heavy atom. The molecular weight excluding hydrogens is 293 g/mol. The molecule has 3 rings (SSSR count). The second-order valence-corrected chi connectivity index (χ2v) is 5.87. The molecule has 0 aliphatic carbocycles. The fourth-order valence-electron chi connectivity index (χ4n) is 2.87. The van der Waals surface area contributed by atoms with Crippen LogP contribution in [-0.4, -0.2) is 23.5 Å². The minimum atomic E-state index is -0.259. The molecule has 0 bridgehead atoms. The monoisotopic (exact) mass is 313 g/mol. The number of amides is 1. The predicted octanol–water partition coefficient (Wildman–Crippen LogP) is 4.01. The maximum absolute atomic E-state index is 13.4. The summed E-state index contributed by atoms with van der Waals surface area (Å²) in [4.78, 5) is 14.0. The van der Waals surface area contributed by atoms with Crippen LogP contribution in [0.15, 0.2) is 42.5 Å². The van der Waals surface area contributed by atoms with Crippen LogP contribution in [0.25, 0.3) is 11.1 Å². The second kappa shape index (κ2) is 6.41. The van der Waals surface area contributed by atoms with Gasteiger partial charge < -0.3 is 9.64 Å². The van der Waals surface area contributed by atoms with Crippen LogP contribution in [0.2, 0.25) is 0 Å². The second-order valence-electron chi connectivity index (χ2n) is 5.87. The summed E-state index contributed by atoms with van der Waals surface area (Å²) in [6, 6.07) is 12.4. The Balaban J connectivity index is 1.97. The van der Waals surface area contributed by atoms with Crippen LogP contribution in [0.1, 0.15) is 25.8 Å². The van der Waals surface area contributed by atoms with Crippen molar-refractivity contribution in [2.45, 2.75) is 32.9 Å². The molecule has 0 saturated heterocycles. The molecule has 1 heterocycles. The van der Waals surface area contributed by atoms with Crippen molar-refractivity contribution in [3.63, 3.8) is 0 Å². The van der Waals surface area contributed by atoms with Crippen LogP contribution in [0.3, 0.4) is 0 Å². The highest BCUT2D eigenvalue weighted by molar-refractivity contribution is 5.76. The number of carbonyl (C=O) groups excluding carboxylic acids is 1. The highest BCUT2D eigenvalue weighted by atomic mass is 19.1. The van der Waals surface area contributed by atoms with Crippen molar-refractivity contribution in [2.75, 3.05) is 6.61 Å². The topological polar surface area (TPSA) is 29.5 Å². The summed E-state index contributed by atoms with van der Waals surface area (Å²) >= 11 is 0. The maximum Gasteiger partial charge on any atom is 0.222 e. The van der Waals surface area contributed by atoms with E-state index in [2.05, 4.69) is 0 Å². The van der Waals surface area contributed by atoms with Gasteiger partial charge in [-0.05, 0) is 42.3 Å². The molecule has 1 atom stereocenters. The van der Waals surface area contributed by atoms with Gasteiger partial charge in [0.25, 0.3) is 0 Å².